The van der Waals surface area contributed by atoms with Crippen LogP contribution in [0.4, 0.5) is 0 Å². The number of benzene rings is 2. The Morgan fingerprint density at radius 1 is 1.05 bits per heavy atom. The van der Waals surface area contributed by atoms with Gasteiger partial charge in [0.2, 0.25) is 0 Å². The van der Waals surface area contributed by atoms with Crippen LogP contribution in [0.2, 0.25) is 0 Å². The highest BCUT2D eigenvalue weighted by Gasteiger charge is 2.50. The lowest BCUT2D eigenvalue weighted by Gasteiger charge is -2.12. The Kier molecular flexibility index (Phi) is 4.90. The van der Waals surface area contributed by atoms with Gasteiger partial charge in [-0.3, -0.25) is 0 Å². The third-order valence-corrected chi connectivity index (χ3v) is 4.64. The molecule has 3 heteroatoms. The zero-order valence-corrected chi connectivity index (χ0v) is 13.7. The molecule has 0 saturated heterocycles. The fraction of sp³-hybridized carbons (Fsp3) is 0.294. The second kappa shape index (κ2) is 6.30. The molecule has 20 heavy (non-hydrogen) atoms. The smallest absolute Gasteiger partial charge is 0.0234 e. The maximum absolute atomic E-state index is 6.50. The van der Waals surface area contributed by atoms with E-state index >= 15 is 0 Å². The maximum atomic E-state index is 6.50. The van der Waals surface area contributed by atoms with Gasteiger partial charge in [-0.2, -0.15) is 0 Å². The van der Waals surface area contributed by atoms with Crippen LogP contribution < -0.4 is 5.73 Å². The summed E-state index contributed by atoms with van der Waals surface area (Å²) in [7, 11) is 0. The van der Waals surface area contributed by atoms with Crippen LogP contribution in [0, 0.1) is 0 Å². The maximum Gasteiger partial charge on any atom is 0.0234 e. The molecular formula is C17H19BrClN. The van der Waals surface area contributed by atoms with Crippen molar-refractivity contribution in [1.29, 1.82) is 0 Å². The first-order valence-electron chi connectivity index (χ1n) is 6.76. The zero-order chi connectivity index (χ0) is 13.3. The van der Waals surface area contributed by atoms with Gasteiger partial charge in [-0.05, 0) is 42.5 Å². The average molecular weight is 353 g/mol. The van der Waals surface area contributed by atoms with Crippen molar-refractivity contribution in [2.24, 2.45) is 5.73 Å². The van der Waals surface area contributed by atoms with Crippen LogP contribution in [0.5, 0.6) is 0 Å². The molecular weight excluding hydrogens is 334 g/mol. The normalized spacial score (nSPS) is 24.0. The first kappa shape index (κ1) is 15.6. The molecule has 0 unspecified atom stereocenters. The van der Waals surface area contributed by atoms with Crippen molar-refractivity contribution < 1.29 is 0 Å². The van der Waals surface area contributed by atoms with Crippen LogP contribution >= 0.6 is 28.3 Å². The van der Waals surface area contributed by atoms with E-state index in [2.05, 4.69) is 70.5 Å². The summed E-state index contributed by atoms with van der Waals surface area (Å²) in [5, 5.41) is 0. The van der Waals surface area contributed by atoms with Crippen LogP contribution in [0.1, 0.15) is 29.9 Å². The van der Waals surface area contributed by atoms with E-state index in [1.165, 1.54) is 11.1 Å². The van der Waals surface area contributed by atoms with E-state index in [0.717, 1.165) is 23.7 Å². The number of halogens is 2. The largest absolute Gasteiger partial charge is 0.325 e. The van der Waals surface area contributed by atoms with Crippen molar-refractivity contribution in [1.82, 2.24) is 0 Å². The first-order chi connectivity index (χ1) is 9.17. The van der Waals surface area contributed by atoms with Crippen molar-refractivity contribution in [2.75, 3.05) is 0 Å². The molecule has 0 bridgehead atoms. The topological polar surface area (TPSA) is 26.0 Å². The molecule has 0 spiro atoms. The fourth-order valence-electron chi connectivity index (χ4n) is 2.76. The SMILES string of the molecule is Cl.N[C@@]1(CCc2ccccc2)C[C@@H]1c1ccc(Br)cc1. The van der Waals surface area contributed by atoms with Crippen molar-refractivity contribution in [3.8, 4) is 0 Å². The molecule has 2 aromatic carbocycles. The molecule has 1 saturated carbocycles. The number of nitrogens with two attached hydrogens (primary N) is 1. The van der Waals surface area contributed by atoms with Gasteiger partial charge in [0.15, 0.2) is 0 Å². The van der Waals surface area contributed by atoms with E-state index in [1.807, 2.05) is 0 Å². The molecule has 0 radical (unpaired) electrons. The predicted molar refractivity (Wildman–Crippen MR) is 90.4 cm³/mol. The summed E-state index contributed by atoms with van der Waals surface area (Å²) in [5.41, 5.74) is 9.26. The molecule has 1 aliphatic carbocycles. The molecule has 106 valence electrons. The van der Waals surface area contributed by atoms with E-state index in [1.54, 1.807) is 0 Å². The summed E-state index contributed by atoms with van der Waals surface area (Å²) in [6, 6.07) is 19.2. The molecule has 1 fully saturated rings. The summed E-state index contributed by atoms with van der Waals surface area (Å²) in [6.45, 7) is 0. The molecule has 2 atom stereocenters. The molecule has 1 aliphatic rings. The molecule has 2 aromatic rings. The summed E-state index contributed by atoms with van der Waals surface area (Å²) in [4.78, 5) is 0. The highest BCUT2D eigenvalue weighted by molar-refractivity contribution is 9.10. The molecule has 1 nitrogen and oxygen atoms in total. The Bertz CT molecular complexity index is 555. The third kappa shape index (κ3) is 3.43. The Morgan fingerprint density at radius 3 is 2.35 bits per heavy atom. The lowest BCUT2D eigenvalue weighted by molar-refractivity contribution is 0.589. The second-order valence-corrected chi connectivity index (χ2v) is 6.44. The van der Waals surface area contributed by atoms with Crippen LogP contribution in [0.3, 0.4) is 0 Å². The van der Waals surface area contributed by atoms with Gasteiger partial charge >= 0.3 is 0 Å². The van der Waals surface area contributed by atoms with Crippen molar-refractivity contribution >= 4 is 28.3 Å². The van der Waals surface area contributed by atoms with Gasteiger partial charge in [-0.1, -0.05) is 58.4 Å². The van der Waals surface area contributed by atoms with Crippen molar-refractivity contribution in [2.45, 2.75) is 30.7 Å². The standard InChI is InChI=1S/C17H18BrN.ClH/c18-15-8-6-14(7-9-15)16-12-17(16,19)11-10-13-4-2-1-3-5-13;/h1-9,16H,10-12,19H2;1H/t16-,17+;/m1./s1. The van der Waals surface area contributed by atoms with Gasteiger partial charge in [-0.15, -0.1) is 12.4 Å². The number of aryl methyl sites for hydroxylation is 1. The van der Waals surface area contributed by atoms with Crippen LogP contribution in [0.25, 0.3) is 0 Å². The van der Waals surface area contributed by atoms with Gasteiger partial charge in [0.25, 0.3) is 0 Å². The van der Waals surface area contributed by atoms with Crippen molar-refractivity contribution in [3.63, 3.8) is 0 Å². The molecule has 0 heterocycles. The lowest BCUT2D eigenvalue weighted by Crippen LogP contribution is -2.25. The van der Waals surface area contributed by atoms with Crippen molar-refractivity contribution in [3.05, 3.63) is 70.2 Å². The minimum Gasteiger partial charge on any atom is -0.325 e. The Balaban J connectivity index is 0.00000147. The number of rotatable bonds is 4. The van der Waals surface area contributed by atoms with E-state index in [9.17, 15) is 0 Å². The van der Waals surface area contributed by atoms with E-state index in [-0.39, 0.29) is 17.9 Å². The van der Waals surface area contributed by atoms with E-state index in [4.69, 9.17) is 5.73 Å². The van der Waals surface area contributed by atoms with Gasteiger partial charge in [-0.25, -0.2) is 0 Å². The van der Waals surface area contributed by atoms with E-state index < -0.39 is 0 Å². The third-order valence-electron chi connectivity index (χ3n) is 4.11. The molecule has 3 rings (SSSR count). The Morgan fingerprint density at radius 2 is 1.70 bits per heavy atom. The number of hydrogen-bond donors (Lipinski definition) is 1. The van der Waals surface area contributed by atoms with E-state index in [0.29, 0.717) is 5.92 Å². The Labute approximate surface area is 135 Å². The summed E-state index contributed by atoms with van der Waals surface area (Å²) < 4.78 is 1.13. The van der Waals surface area contributed by atoms with Gasteiger partial charge in [0, 0.05) is 15.9 Å². The predicted octanol–water partition coefficient (Wildman–Crippen LogP) is 4.69. The van der Waals surface area contributed by atoms with Crippen LogP contribution in [-0.4, -0.2) is 5.54 Å². The summed E-state index contributed by atoms with van der Waals surface area (Å²) >= 11 is 3.47. The monoisotopic (exact) mass is 351 g/mol. The lowest BCUT2D eigenvalue weighted by atomic mass is 10.00. The van der Waals surface area contributed by atoms with Gasteiger partial charge < -0.3 is 5.73 Å². The highest BCUT2D eigenvalue weighted by Crippen LogP contribution is 2.52. The van der Waals surface area contributed by atoms with Gasteiger partial charge in [0.05, 0.1) is 0 Å². The second-order valence-electron chi connectivity index (χ2n) is 5.53. The fourth-order valence-corrected chi connectivity index (χ4v) is 3.03. The van der Waals surface area contributed by atoms with Crippen LogP contribution in [-0.2, 0) is 6.42 Å². The molecule has 2 N–H and O–H groups in total. The number of hydrogen-bond acceptors (Lipinski definition) is 1. The molecule has 0 aromatic heterocycles. The molecule has 0 aliphatic heterocycles. The quantitative estimate of drug-likeness (QED) is 0.849. The Hall–Kier alpha value is -0.830. The average Bonchev–Trinajstić information content (AvgIpc) is 3.11. The zero-order valence-electron chi connectivity index (χ0n) is 11.3. The highest BCUT2D eigenvalue weighted by atomic mass is 79.9. The summed E-state index contributed by atoms with van der Waals surface area (Å²) in [5.74, 6) is 0.532. The minimum absolute atomic E-state index is 0. The minimum atomic E-state index is 0. The van der Waals surface area contributed by atoms with Crippen LogP contribution in [0.15, 0.2) is 59.1 Å². The van der Waals surface area contributed by atoms with Gasteiger partial charge in [0.1, 0.15) is 0 Å². The molecule has 0 amide bonds. The first-order valence-corrected chi connectivity index (χ1v) is 7.55. The summed E-state index contributed by atoms with van der Waals surface area (Å²) in [6.07, 6.45) is 3.25.